The van der Waals surface area contributed by atoms with Crippen LogP contribution in [0.2, 0.25) is 0 Å². The van der Waals surface area contributed by atoms with Gasteiger partial charge in [-0.05, 0) is 37.5 Å². The fraction of sp³-hybridized carbons (Fsp3) is 0.421. The van der Waals surface area contributed by atoms with Crippen LogP contribution in [0.15, 0.2) is 42.6 Å². The molecular formula is C19H24N4O. The summed E-state index contributed by atoms with van der Waals surface area (Å²) in [7, 11) is 0. The number of hydrogen-bond acceptors (Lipinski definition) is 4. The molecule has 0 saturated carbocycles. The van der Waals surface area contributed by atoms with E-state index in [1.807, 2.05) is 24.0 Å². The van der Waals surface area contributed by atoms with Gasteiger partial charge in [-0.1, -0.05) is 30.3 Å². The molecule has 0 spiro atoms. The van der Waals surface area contributed by atoms with Gasteiger partial charge in [0.15, 0.2) is 5.69 Å². The Morgan fingerprint density at radius 1 is 1.25 bits per heavy atom. The highest BCUT2D eigenvalue weighted by atomic mass is 16.2. The van der Waals surface area contributed by atoms with Crippen LogP contribution in [0.3, 0.4) is 0 Å². The van der Waals surface area contributed by atoms with Crippen molar-refractivity contribution in [3.63, 3.8) is 0 Å². The third kappa shape index (κ3) is 3.97. The minimum absolute atomic E-state index is 0.0136. The summed E-state index contributed by atoms with van der Waals surface area (Å²) in [5.74, 6) is -0.0136. The zero-order valence-corrected chi connectivity index (χ0v) is 14.4. The predicted molar refractivity (Wildman–Crippen MR) is 93.6 cm³/mol. The molecule has 2 heterocycles. The number of nitrogens with zero attached hydrogens (tertiary/aromatic N) is 4. The number of benzene rings is 1. The molecule has 1 aromatic heterocycles. The number of rotatable bonds is 3. The molecule has 3 rings (SSSR count). The maximum atomic E-state index is 12.8. The van der Waals surface area contributed by atoms with Crippen LogP contribution in [0.5, 0.6) is 0 Å². The second-order valence-electron chi connectivity index (χ2n) is 6.54. The average Bonchev–Trinajstić information content (AvgIpc) is 2.76. The van der Waals surface area contributed by atoms with Crippen LogP contribution in [-0.4, -0.2) is 51.6 Å². The van der Waals surface area contributed by atoms with Gasteiger partial charge in [-0.15, -0.1) is 5.10 Å². The van der Waals surface area contributed by atoms with E-state index in [-0.39, 0.29) is 11.9 Å². The molecule has 0 bridgehead atoms. The molecule has 1 unspecified atom stereocenters. The third-order valence-corrected chi connectivity index (χ3v) is 4.45. The Balaban J connectivity index is 1.68. The van der Waals surface area contributed by atoms with Gasteiger partial charge in [-0.25, -0.2) is 0 Å². The summed E-state index contributed by atoms with van der Waals surface area (Å²) in [6, 6.07) is 12.5. The van der Waals surface area contributed by atoms with E-state index in [2.05, 4.69) is 46.3 Å². The van der Waals surface area contributed by atoms with Gasteiger partial charge in [0.05, 0.1) is 6.20 Å². The zero-order chi connectivity index (χ0) is 16.9. The number of aryl methyl sites for hydroxylation is 1. The molecule has 5 heteroatoms. The molecule has 0 N–H and O–H groups in total. The van der Waals surface area contributed by atoms with E-state index in [0.29, 0.717) is 5.69 Å². The highest BCUT2D eigenvalue weighted by Crippen LogP contribution is 2.15. The molecule has 1 atom stereocenters. The molecule has 126 valence electrons. The fourth-order valence-corrected chi connectivity index (χ4v) is 3.25. The van der Waals surface area contributed by atoms with E-state index in [1.54, 1.807) is 6.20 Å². The second kappa shape index (κ2) is 7.53. The van der Waals surface area contributed by atoms with Gasteiger partial charge in [0.2, 0.25) is 0 Å². The smallest absolute Gasteiger partial charge is 0.274 e. The normalized spacial score (nSPS) is 19.1. The summed E-state index contributed by atoms with van der Waals surface area (Å²) in [6.07, 6.45) is 2.65. The van der Waals surface area contributed by atoms with Gasteiger partial charge < -0.3 is 4.90 Å². The van der Waals surface area contributed by atoms with Crippen LogP contribution in [0.4, 0.5) is 0 Å². The first-order valence-electron chi connectivity index (χ1n) is 8.50. The first kappa shape index (κ1) is 16.6. The maximum Gasteiger partial charge on any atom is 0.274 e. The molecule has 24 heavy (non-hydrogen) atoms. The lowest BCUT2D eigenvalue weighted by atomic mass is 10.2. The van der Waals surface area contributed by atoms with E-state index in [1.165, 1.54) is 5.56 Å². The Bertz CT molecular complexity index is 689. The largest absolute Gasteiger partial charge is 0.333 e. The molecule has 2 aromatic rings. The Morgan fingerprint density at radius 3 is 2.79 bits per heavy atom. The lowest BCUT2D eigenvalue weighted by Gasteiger charge is -2.28. The van der Waals surface area contributed by atoms with Crippen molar-refractivity contribution in [1.29, 1.82) is 0 Å². The van der Waals surface area contributed by atoms with Crippen LogP contribution >= 0.6 is 0 Å². The summed E-state index contributed by atoms with van der Waals surface area (Å²) >= 11 is 0. The summed E-state index contributed by atoms with van der Waals surface area (Å²) in [4.78, 5) is 17.1. The van der Waals surface area contributed by atoms with Crippen molar-refractivity contribution in [2.24, 2.45) is 0 Å². The number of amides is 1. The minimum atomic E-state index is -0.0136. The molecule has 5 nitrogen and oxygen atoms in total. The van der Waals surface area contributed by atoms with Crippen LogP contribution in [0, 0.1) is 6.92 Å². The molecule has 0 aliphatic carbocycles. The van der Waals surface area contributed by atoms with E-state index >= 15 is 0 Å². The molecule has 1 fully saturated rings. The second-order valence-corrected chi connectivity index (χ2v) is 6.54. The first-order chi connectivity index (χ1) is 11.6. The molecule has 1 amide bonds. The molecular weight excluding hydrogens is 300 g/mol. The summed E-state index contributed by atoms with van der Waals surface area (Å²) < 4.78 is 0. The third-order valence-electron chi connectivity index (χ3n) is 4.45. The maximum absolute atomic E-state index is 12.8. The summed E-state index contributed by atoms with van der Waals surface area (Å²) in [5.41, 5.74) is 2.72. The number of hydrogen-bond donors (Lipinski definition) is 0. The van der Waals surface area contributed by atoms with Gasteiger partial charge in [0, 0.05) is 32.2 Å². The van der Waals surface area contributed by atoms with Crippen LogP contribution < -0.4 is 0 Å². The van der Waals surface area contributed by atoms with Crippen molar-refractivity contribution in [2.75, 3.05) is 19.6 Å². The fourth-order valence-electron chi connectivity index (χ4n) is 3.25. The molecule has 0 radical (unpaired) electrons. The van der Waals surface area contributed by atoms with E-state index in [9.17, 15) is 4.79 Å². The molecule has 1 aliphatic rings. The molecule has 1 saturated heterocycles. The Labute approximate surface area is 143 Å². The number of carbonyl (C=O) groups excluding carboxylic acids is 1. The van der Waals surface area contributed by atoms with Crippen LogP contribution in [0.1, 0.15) is 35.0 Å². The topological polar surface area (TPSA) is 49.3 Å². The van der Waals surface area contributed by atoms with Gasteiger partial charge in [-0.2, -0.15) is 5.10 Å². The molecule has 1 aromatic carbocycles. The van der Waals surface area contributed by atoms with Crippen molar-refractivity contribution in [2.45, 2.75) is 32.9 Å². The van der Waals surface area contributed by atoms with Crippen molar-refractivity contribution >= 4 is 5.91 Å². The Hall–Kier alpha value is -2.27. The predicted octanol–water partition coefficient (Wildman–Crippen LogP) is 2.52. The minimum Gasteiger partial charge on any atom is -0.333 e. The summed E-state index contributed by atoms with van der Waals surface area (Å²) in [6.45, 7) is 7.62. The van der Waals surface area contributed by atoms with Crippen molar-refractivity contribution < 1.29 is 4.79 Å². The lowest BCUT2D eigenvalue weighted by Crippen LogP contribution is -2.42. The van der Waals surface area contributed by atoms with E-state index in [4.69, 9.17) is 0 Å². The van der Waals surface area contributed by atoms with Crippen LogP contribution in [-0.2, 0) is 6.54 Å². The Morgan fingerprint density at radius 2 is 2.04 bits per heavy atom. The number of aromatic nitrogens is 2. The van der Waals surface area contributed by atoms with Gasteiger partial charge in [0.1, 0.15) is 0 Å². The average molecular weight is 324 g/mol. The molecule has 1 aliphatic heterocycles. The monoisotopic (exact) mass is 324 g/mol. The lowest BCUT2D eigenvalue weighted by molar-refractivity contribution is 0.0684. The van der Waals surface area contributed by atoms with Crippen LogP contribution in [0.25, 0.3) is 0 Å². The van der Waals surface area contributed by atoms with Gasteiger partial charge in [-0.3, -0.25) is 9.69 Å². The standard InChI is InChI=1S/C19H24N4O/c1-15-11-18(21-20-12-15)19(24)23-10-6-9-22(13-16(23)2)14-17-7-4-3-5-8-17/h3-5,7-8,11-12,16H,6,9-10,13-14H2,1-2H3. The highest BCUT2D eigenvalue weighted by Gasteiger charge is 2.27. The van der Waals surface area contributed by atoms with E-state index in [0.717, 1.165) is 38.2 Å². The Kier molecular flexibility index (Phi) is 5.20. The van der Waals surface area contributed by atoms with Crippen molar-refractivity contribution in [3.8, 4) is 0 Å². The number of carbonyl (C=O) groups is 1. The van der Waals surface area contributed by atoms with E-state index < -0.39 is 0 Å². The van der Waals surface area contributed by atoms with Gasteiger partial charge >= 0.3 is 0 Å². The summed E-state index contributed by atoms with van der Waals surface area (Å²) in [5, 5.41) is 7.92. The van der Waals surface area contributed by atoms with Gasteiger partial charge in [0.25, 0.3) is 5.91 Å². The van der Waals surface area contributed by atoms with Crippen molar-refractivity contribution in [1.82, 2.24) is 20.0 Å². The highest BCUT2D eigenvalue weighted by molar-refractivity contribution is 5.92. The zero-order valence-electron chi connectivity index (χ0n) is 14.4. The quantitative estimate of drug-likeness (QED) is 0.870. The van der Waals surface area contributed by atoms with Crippen molar-refractivity contribution in [3.05, 3.63) is 59.4 Å². The first-order valence-corrected chi connectivity index (χ1v) is 8.50. The SMILES string of the molecule is Cc1cnnc(C(=O)N2CCCN(Cc3ccccc3)CC2C)c1.